The molecule has 3 aromatic rings. The van der Waals surface area contributed by atoms with Crippen LogP contribution in [0.3, 0.4) is 0 Å². The molecule has 0 unspecified atom stereocenters. The highest BCUT2D eigenvalue weighted by molar-refractivity contribution is 9.10. The van der Waals surface area contributed by atoms with Crippen LogP contribution in [-0.4, -0.2) is 0 Å². The lowest BCUT2D eigenvalue weighted by Gasteiger charge is -2.11. The van der Waals surface area contributed by atoms with Gasteiger partial charge in [-0.15, -0.1) is 0 Å². The average Bonchev–Trinajstić information content (AvgIpc) is 2.78. The molecule has 0 spiro atoms. The van der Waals surface area contributed by atoms with E-state index in [-0.39, 0.29) is 0 Å². The summed E-state index contributed by atoms with van der Waals surface area (Å²) in [4.78, 5) is 0. The molecule has 0 N–H and O–H groups in total. The summed E-state index contributed by atoms with van der Waals surface area (Å²) in [6, 6.07) is 8.12. The molecular formula is C16H10BrClO. The quantitative estimate of drug-likeness (QED) is 0.494. The molecule has 0 bridgehead atoms. The Morgan fingerprint density at radius 2 is 2.11 bits per heavy atom. The van der Waals surface area contributed by atoms with Gasteiger partial charge in [-0.1, -0.05) is 45.7 Å². The Kier molecular flexibility index (Phi) is 2.51. The number of halogens is 2. The highest BCUT2D eigenvalue weighted by Crippen LogP contribution is 2.39. The summed E-state index contributed by atoms with van der Waals surface area (Å²) >= 11 is 9.79. The maximum atomic E-state index is 6.28. The van der Waals surface area contributed by atoms with Gasteiger partial charge in [-0.3, -0.25) is 0 Å². The van der Waals surface area contributed by atoms with E-state index in [1.165, 1.54) is 16.5 Å². The Morgan fingerprint density at radius 1 is 1.21 bits per heavy atom. The molecule has 1 heterocycles. The Balaban J connectivity index is 2.24. The molecule has 0 aliphatic heterocycles. The Hall–Kier alpha value is -1.25. The lowest BCUT2D eigenvalue weighted by atomic mass is 9.93. The second-order valence-electron chi connectivity index (χ2n) is 4.81. The number of rotatable bonds is 0. The summed E-state index contributed by atoms with van der Waals surface area (Å²) in [5, 5.41) is 2.96. The van der Waals surface area contributed by atoms with Crippen LogP contribution in [0, 0.1) is 0 Å². The van der Waals surface area contributed by atoms with Crippen LogP contribution in [0.25, 0.3) is 28.0 Å². The number of allylic oxidation sites excluding steroid dienone is 1. The van der Waals surface area contributed by atoms with Gasteiger partial charge in [0.25, 0.3) is 0 Å². The molecule has 0 radical (unpaired) electrons. The minimum Gasteiger partial charge on any atom is -0.454 e. The van der Waals surface area contributed by atoms with E-state index in [4.69, 9.17) is 16.0 Å². The SMILES string of the molecule is Clc1cc(Br)cc2c1oc1ccc3c(c12)CCC=C3. The van der Waals surface area contributed by atoms with E-state index >= 15 is 0 Å². The molecule has 0 amide bonds. The summed E-state index contributed by atoms with van der Waals surface area (Å²) in [6.45, 7) is 0. The van der Waals surface area contributed by atoms with Gasteiger partial charge in [-0.05, 0) is 42.2 Å². The second kappa shape index (κ2) is 4.12. The van der Waals surface area contributed by atoms with E-state index < -0.39 is 0 Å². The fraction of sp³-hybridized carbons (Fsp3) is 0.125. The van der Waals surface area contributed by atoms with Crippen LogP contribution in [0.1, 0.15) is 17.5 Å². The molecule has 1 aliphatic carbocycles. The normalized spacial score (nSPS) is 14.2. The number of hydrogen-bond donors (Lipinski definition) is 0. The molecule has 0 atom stereocenters. The van der Waals surface area contributed by atoms with Crippen molar-refractivity contribution in [3.63, 3.8) is 0 Å². The van der Waals surface area contributed by atoms with Gasteiger partial charge in [0.05, 0.1) is 5.02 Å². The zero-order chi connectivity index (χ0) is 13.0. The summed E-state index contributed by atoms with van der Waals surface area (Å²) < 4.78 is 6.91. The minimum absolute atomic E-state index is 0.653. The van der Waals surface area contributed by atoms with Crippen molar-refractivity contribution in [2.45, 2.75) is 12.8 Å². The van der Waals surface area contributed by atoms with Crippen LogP contribution in [0.15, 0.2) is 39.2 Å². The van der Waals surface area contributed by atoms with E-state index in [1.807, 2.05) is 12.1 Å². The van der Waals surface area contributed by atoms with Gasteiger partial charge >= 0.3 is 0 Å². The van der Waals surface area contributed by atoms with Crippen LogP contribution >= 0.6 is 27.5 Å². The van der Waals surface area contributed by atoms with Crippen molar-refractivity contribution < 1.29 is 4.42 Å². The van der Waals surface area contributed by atoms with Crippen LogP contribution in [0.5, 0.6) is 0 Å². The van der Waals surface area contributed by atoms with Gasteiger partial charge in [-0.25, -0.2) is 0 Å². The van der Waals surface area contributed by atoms with Crippen molar-refractivity contribution >= 4 is 55.5 Å². The first-order valence-corrected chi connectivity index (χ1v) is 7.41. The number of hydrogen-bond acceptors (Lipinski definition) is 1. The zero-order valence-corrected chi connectivity index (χ0v) is 12.4. The van der Waals surface area contributed by atoms with Gasteiger partial charge in [0, 0.05) is 15.2 Å². The summed E-state index contributed by atoms with van der Waals surface area (Å²) in [5.41, 5.74) is 4.36. The fourth-order valence-corrected chi connectivity index (χ4v) is 3.69. The minimum atomic E-state index is 0.653. The third-order valence-electron chi connectivity index (χ3n) is 3.66. The number of fused-ring (bicyclic) bond motifs is 5. The molecule has 4 rings (SSSR count). The average molecular weight is 334 g/mol. The summed E-state index contributed by atoms with van der Waals surface area (Å²) in [7, 11) is 0. The second-order valence-corrected chi connectivity index (χ2v) is 6.14. The Bertz CT molecular complexity index is 845. The molecule has 94 valence electrons. The van der Waals surface area contributed by atoms with Crippen molar-refractivity contribution in [2.24, 2.45) is 0 Å². The predicted octanol–water partition coefficient (Wildman–Crippen LogP) is 5.96. The fourth-order valence-electron chi connectivity index (χ4n) is 2.85. The highest BCUT2D eigenvalue weighted by Gasteiger charge is 2.17. The van der Waals surface area contributed by atoms with Crippen molar-refractivity contribution in [1.82, 2.24) is 0 Å². The number of furan rings is 1. The standard InChI is InChI=1S/C16H10BrClO/c17-10-7-12-15-11-4-2-1-3-9(11)5-6-14(15)19-16(12)13(18)8-10/h1,3,5-8H,2,4H2. The summed E-state index contributed by atoms with van der Waals surface area (Å²) in [5.74, 6) is 0. The smallest absolute Gasteiger partial charge is 0.154 e. The van der Waals surface area contributed by atoms with E-state index in [2.05, 4.69) is 40.2 Å². The van der Waals surface area contributed by atoms with Crippen molar-refractivity contribution in [2.75, 3.05) is 0 Å². The largest absolute Gasteiger partial charge is 0.454 e. The lowest BCUT2D eigenvalue weighted by Crippen LogP contribution is -1.94. The molecule has 1 aliphatic rings. The third-order valence-corrected chi connectivity index (χ3v) is 4.40. The monoisotopic (exact) mass is 332 g/mol. The first-order valence-electron chi connectivity index (χ1n) is 6.24. The third kappa shape index (κ3) is 1.67. The van der Waals surface area contributed by atoms with Crippen molar-refractivity contribution in [3.05, 3.63) is 51.0 Å². The number of aryl methyl sites for hydroxylation is 1. The van der Waals surface area contributed by atoms with Crippen molar-refractivity contribution in [3.8, 4) is 0 Å². The van der Waals surface area contributed by atoms with Gasteiger partial charge in [0.15, 0.2) is 5.58 Å². The van der Waals surface area contributed by atoms with Crippen LogP contribution in [0.2, 0.25) is 5.02 Å². The van der Waals surface area contributed by atoms with Gasteiger partial charge < -0.3 is 4.42 Å². The van der Waals surface area contributed by atoms with E-state index in [1.54, 1.807) is 0 Å². The number of benzene rings is 2. The molecule has 2 aromatic carbocycles. The predicted molar refractivity (Wildman–Crippen MR) is 83.8 cm³/mol. The summed E-state index contributed by atoms with van der Waals surface area (Å²) in [6.07, 6.45) is 6.55. The molecule has 3 heteroatoms. The first-order chi connectivity index (χ1) is 9.24. The maximum absolute atomic E-state index is 6.28. The van der Waals surface area contributed by atoms with E-state index in [9.17, 15) is 0 Å². The van der Waals surface area contributed by atoms with Gasteiger partial charge in [0.2, 0.25) is 0 Å². The van der Waals surface area contributed by atoms with Crippen molar-refractivity contribution in [1.29, 1.82) is 0 Å². The Morgan fingerprint density at radius 3 is 3.00 bits per heavy atom. The molecule has 0 fully saturated rings. The zero-order valence-electron chi connectivity index (χ0n) is 10.0. The van der Waals surface area contributed by atoms with Crippen LogP contribution in [-0.2, 0) is 6.42 Å². The molecule has 0 saturated heterocycles. The van der Waals surface area contributed by atoms with Crippen LogP contribution < -0.4 is 0 Å². The van der Waals surface area contributed by atoms with Gasteiger partial charge in [0.1, 0.15) is 5.58 Å². The molecular weight excluding hydrogens is 324 g/mol. The van der Waals surface area contributed by atoms with Crippen LogP contribution in [0.4, 0.5) is 0 Å². The molecule has 0 saturated carbocycles. The first kappa shape index (κ1) is 11.6. The highest BCUT2D eigenvalue weighted by atomic mass is 79.9. The topological polar surface area (TPSA) is 13.1 Å². The molecule has 1 aromatic heterocycles. The molecule has 19 heavy (non-hydrogen) atoms. The van der Waals surface area contributed by atoms with Gasteiger partial charge in [-0.2, -0.15) is 0 Å². The maximum Gasteiger partial charge on any atom is 0.154 e. The van der Waals surface area contributed by atoms with E-state index in [0.717, 1.165) is 33.9 Å². The Labute approximate surface area is 124 Å². The van der Waals surface area contributed by atoms with E-state index in [0.29, 0.717) is 5.02 Å². The molecule has 1 nitrogen and oxygen atoms in total. The lowest BCUT2D eigenvalue weighted by molar-refractivity contribution is 0.668.